The highest BCUT2D eigenvalue weighted by Gasteiger charge is 2.10. The van der Waals surface area contributed by atoms with Crippen LogP contribution in [0.15, 0.2) is 36.7 Å². The number of hydrogen-bond donors (Lipinski definition) is 1. The van der Waals surface area contributed by atoms with Gasteiger partial charge in [-0.15, -0.1) is 10.2 Å². The molecular formula is C41H80ClN9O12S2. The number of rotatable bonds is 36. The molecule has 0 unspecified atom stereocenters. The second-order valence-electron chi connectivity index (χ2n) is 14.5. The lowest BCUT2D eigenvalue weighted by Gasteiger charge is -2.13. The average molecular weight is 991 g/mol. The summed E-state index contributed by atoms with van der Waals surface area (Å²) in [5.41, 5.74) is 7.85. The number of allylic oxidation sites excluding steroid dienone is 2. The first-order valence-corrected chi connectivity index (χ1v) is 24.9. The molecule has 0 saturated heterocycles. The lowest BCUT2D eigenvalue weighted by Crippen LogP contribution is -2.25. The van der Waals surface area contributed by atoms with E-state index in [1.807, 2.05) is 36.3 Å². The SMILES string of the molecule is C.C.C=C(C)C(=O)CCCOCCOCCOCCn1cc(CN(C)CCS(C)(=O)=O)nn1.C=C(C)C(=O)Cl.CN(CCS(C)(=O)=O)Cc1cn(CCOCCOCCOCCN)nn1. The van der Waals surface area contributed by atoms with E-state index in [0.29, 0.717) is 149 Å². The molecule has 2 aromatic rings. The van der Waals surface area contributed by atoms with E-state index in [0.717, 1.165) is 11.4 Å². The molecule has 0 spiro atoms. The summed E-state index contributed by atoms with van der Waals surface area (Å²) in [6.07, 6.45) is 7.29. The van der Waals surface area contributed by atoms with E-state index in [2.05, 4.69) is 33.8 Å². The lowest BCUT2D eigenvalue weighted by molar-refractivity contribution is -0.115. The standard InChI is InChI=1S/C20H36N4O6S.C15H31N5O5S.C4H5ClO.2CH4/c1-18(2)20(25)6-5-9-28-11-13-30-14-12-29-10-7-24-17-19(21-22-24)16-23(3)8-15-31(4,26)27;1-19(5-12-26(2,21)22)13-15-14-20(18-17-15)4-7-24-9-11-25-10-8-23-6-3-16;1-3(2)4(5)6;;/h17H,1,5-16H2,2-4H3;14H,3-13,16H2,1-2H3;1H2,2H3;2*1H4. The molecule has 0 aliphatic rings. The summed E-state index contributed by atoms with van der Waals surface area (Å²) in [4.78, 5) is 25.0. The van der Waals surface area contributed by atoms with Crippen molar-refractivity contribution < 1.29 is 54.8 Å². The van der Waals surface area contributed by atoms with Gasteiger partial charge in [0.05, 0.1) is 109 Å². The summed E-state index contributed by atoms with van der Waals surface area (Å²) in [5.74, 6) is 0.332. The highest BCUT2D eigenvalue weighted by atomic mass is 35.5. The fourth-order valence-electron chi connectivity index (χ4n) is 4.43. The Kier molecular flexibility index (Phi) is 40.8. The number of ether oxygens (including phenoxy) is 6. The summed E-state index contributed by atoms with van der Waals surface area (Å²) in [5, 5.41) is 15.8. The Morgan fingerprint density at radius 1 is 0.646 bits per heavy atom. The minimum absolute atomic E-state index is 0. The topological polar surface area (TPSA) is 252 Å². The zero-order chi connectivity index (χ0) is 47.5. The molecule has 2 rings (SSSR count). The third kappa shape index (κ3) is 43.3. The zero-order valence-electron chi connectivity index (χ0n) is 38.1. The van der Waals surface area contributed by atoms with Crippen LogP contribution in [0.25, 0.3) is 0 Å². The van der Waals surface area contributed by atoms with Gasteiger partial charge in [0.15, 0.2) is 5.78 Å². The number of nitrogens with zero attached hydrogens (tertiary/aromatic N) is 8. The maximum atomic E-state index is 11.4. The summed E-state index contributed by atoms with van der Waals surface area (Å²) in [6, 6.07) is 0. The van der Waals surface area contributed by atoms with Gasteiger partial charge in [0, 0.05) is 76.2 Å². The van der Waals surface area contributed by atoms with Crippen molar-refractivity contribution in [1.82, 2.24) is 39.8 Å². The van der Waals surface area contributed by atoms with Crippen LogP contribution >= 0.6 is 11.6 Å². The van der Waals surface area contributed by atoms with Crippen molar-refractivity contribution in [2.24, 2.45) is 5.73 Å². The highest BCUT2D eigenvalue weighted by Crippen LogP contribution is 2.02. The van der Waals surface area contributed by atoms with E-state index in [-0.39, 0.29) is 32.1 Å². The number of carbonyl (C=O) groups excluding carboxylic acids is 2. The summed E-state index contributed by atoms with van der Waals surface area (Å²) in [6.45, 7) is 20.0. The van der Waals surface area contributed by atoms with Crippen molar-refractivity contribution >= 4 is 42.3 Å². The molecule has 65 heavy (non-hydrogen) atoms. The van der Waals surface area contributed by atoms with Crippen molar-refractivity contribution in [3.8, 4) is 0 Å². The van der Waals surface area contributed by atoms with E-state index < -0.39 is 24.9 Å². The molecule has 0 radical (unpaired) electrons. The van der Waals surface area contributed by atoms with E-state index >= 15 is 0 Å². The first kappa shape index (κ1) is 66.2. The van der Waals surface area contributed by atoms with Crippen LogP contribution in [0.2, 0.25) is 0 Å². The molecule has 0 aliphatic heterocycles. The molecule has 0 aliphatic carbocycles. The quantitative estimate of drug-likeness (QED) is 0.0583. The Hall–Kier alpha value is -3.07. The van der Waals surface area contributed by atoms with Gasteiger partial charge >= 0.3 is 0 Å². The van der Waals surface area contributed by atoms with Crippen LogP contribution in [0.4, 0.5) is 0 Å². The predicted molar refractivity (Wildman–Crippen MR) is 254 cm³/mol. The van der Waals surface area contributed by atoms with Gasteiger partial charge in [-0.1, -0.05) is 38.4 Å². The molecule has 21 nitrogen and oxygen atoms in total. The molecule has 24 heteroatoms. The van der Waals surface area contributed by atoms with Gasteiger partial charge in [0.1, 0.15) is 19.7 Å². The largest absolute Gasteiger partial charge is 0.379 e. The van der Waals surface area contributed by atoms with Crippen molar-refractivity contribution in [3.05, 3.63) is 48.1 Å². The predicted octanol–water partition coefficient (Wildman–Crippen LogP) is 2.09. The fourth-order valence-corrected chi connectivity index (χ4v) is 5.71. The molecule has 0 saturated carbocycles. The van der Waals surface area contributed by atoms with Crippen LogP contribution in [0.3, 0.4) is 0 Å². The third-order valence-electron chi connectivity index (χ3n) is 7.91. The molecule has 380 valence electrons. The van der Waals surface area contributed by atoms with Crippen molar-refractivity contribution in [3.63, 3.8) is 0 Å². The Morgan fingerprint density at radius 2 is 0.985 bits per heavy atom. The van der Waals surface area contributed by atoms with Crippen LogP contribution in [-0.4, -0.2) is 205 Å². The summed E-state index contributed by atoms with van der Waals surface area (Å²) >= 11 is 4.87. The number of hydrogen-bond acceptors (Lipinski definition) is 19. The molecule has 0 atom stereocenters. The number of ketones is 1. The van der Waals surface area contributed by atoms with Gasteiger partial charge < -0.3 is 34.2 Å². The summed E-state index contributed by atoms with van der Waals surface area (Å²) < 4.78 is 80.6. The van der Waals surface area contributed by atoms with Crippen LogP contribution in [0.5, 0.6) is 0 Å². The van der Waals surface area contributed by atoms with E-state index in [9.17, 15) is 26.4 Å². The van der Waals surface area contributed by atoms with Crippen LogP contribution < -0.4 is 5.73 Å². The molecule has 0 bridgehead atoms. The van der Waals surface area contributed by atoms with Crippen molar-refractivity contribution in [2.75, 3.05) is 137 Å². The van der Waals surface area contributed by atoms with Gasteiger partial charge in [-0.25, -0.2) is 26.2 Å². The average Bonchev–Trinajstić information content (AvgIpc) is 3.86. The first-order chi connectivity index (χ1) is 29.7. The Bertz CT molecular complexity index is 1770. The maximum Gasteiger partial charge on any atom is 0.247 e. The minimum atomic E-state index is -2.97. The first-order valence-electron chi connectivity index (χ1n) is 20.4. The van der Waals surface area contributed by atoms with Gasteiger partial charge in [-0.05, 0) is 51.5 Å². The molecular weight excluding hydrogens is 910 g/mol. The minimum Gasteiger partial charge on any atom is -0.379 e. The van der Waals surface area contributed by atoms with E-state index in [1.165, 1.54) is 12.5 Å². The van der Waals surface area contributed by atoms with Gasteiger partial charge in [-0.2, -0.15) is 0 Å². The second-order valence-corrected chi connectivity index (χ2v) is 19.4. The fraction of sp³-hybridized carbons (Fsp3) is 0.756. The van der Waals surface area contributed by atoms with Gasteiger partial charge in [0.25, 0.3) is 0 Å². The monoisotopic (exact) mass is 990 g/mol. The normalized spacial score (nSPS) is 11.2. The van der Waals surface area contributed by atoms with Crippen LogP contribution in [-0.2, 0) is 83.9 Å². The number of sulfone groups is 2. The Morgan fingerprint density at radius 3 is 1.31 bits per heavy atom. The second kappa shape index (κ2) is 40.0. The lowest BCUT2D eigenvalue weighted by atomic mass is 10.1. The van der Waals surface area contributed by atoms with Crippen LogP contribution in [0.1, 0.15) is 52.9 Å². The maximum absolute atomic E-state index is 11.4. The number of Topliss-reactive ketones (excluding diaryl/α,β-unsaturated/α-hetero) is 1. The Labute approximate surface area is 394 Å². The smallest absolute Gasteiger partial charge is 0.247 e. The van der Waals surface area contributed by atoms with Crippen LogP contribution in [0, 0.1) is 0 Å². The van der Waals surface area contributed by atoms with E-state index in [4.69, 9.17) is 45.8 Å². The number of aromatic nitrogens is 6. The van der Waals surface area contributed by atoms with Gasteiger partial charge in [-0.3, -0.25) is 19.4 Å². The molecule has 2 heterocycles. The molecule has 0 fully saturated rings. The molecule has 0 amide bonds. The molecule has 2 aromatic heterocycles. The summed E-state index contributed by atoms with van der Waals surface area (Å²) in [7, 11) is -2.22. The van der Waals surface area contributed by atoms with Crippen molar-refractivity contribution in [2.45, 2.75) is 67.7 Å². The number of nitrogens with two attached hydrogens (primary N) is 1. The third-order valence-corrected chi connectivity index (χ3v) is 10.1. The highest BCUT2D eigenvalue weighted by molar-refractivity contribution is 7.90. The van der Waals surface area contributed by atoms with Gasteiger partial charge in [0.2, 0.25) is 5.24 Å². The number of halogens is 1. The molecule has 2 N–H and O–H groups in total. The zero-order valence-corrected chi connectivity index (χ0v) is 40.5. The Balaban J connectivity index is -0.00000103. The number of carbonyl (C=O) groups is 2. The van der Waals surface area contributed by atoms with Crippen molar-refractivity contribution in [1.29, 1.82) is 0 Å². The molecule has 0 aromatic carbocycles. The van der Waals surface area contributed by atoms with E-state index in [1.54, 1.807) is 23.2 Å².